The highest BCUT2D eigenvalue weighted by Gasteiger charge is 2.48. The lowest BCUT2D eigenvalue weighted by atomic mass is 9.80. The molecule has 30 heavy (non-hydrogen) atoms. The highest BCUT2D eigenvalue weighted by molar-refractivity contribution is 5.94. The lowest BCUT2D eigenvalue weighted by molar-refractivity contribution is -0.148. The average Bonchev–Trinajstić information content (AvgIpc) is 3.26. The standard InChI is InChI=1S/C24H29N3O3/c1-5-7-8-16(3)21-17(4)22(28)30-24(21)11-13-27(14-12-24)23-25-19-10-9-18(29-6-2)15-20(19)26-23/h5,7-10,15H,6,11-14H2,1-4H3,(H,25,26)/b7-5-,16-8-. The number of piperidine rings is 1. The van der Waals surface area contributed by atoms with Crippen molar-refractivity contribution in [3.05, 3.63) is 53.1 Å². The molecule has 0 atom stereocenters. The molecule has 0 aliphatic carbocycles. The van der Waals surface area contributed by atoms with Gasteiger partial charge in [0.15, 0.2) is 0 Å². The van der Waals surface area contributed by atoms with Crippen molar-refractivity contribution in [3.8, 4) is 5.75 Å². The number of hydrogen-bond acceptors (Lipinski definition) is 5. The Morgan fingerprint density at radius 3 is 2.83 bits per heavy atom. The van der Waals surface area contributed by atoms with Crippen LogP contribution in [-0.2, 0) is 9.53 Å². The number of carbonyl (C=O) groups is 1. The predicted octanol–water partition coefficient (Wildman–Crippen LogP) is 4.70. The largest absolute Gasteiger partial charge is 0.494 e. The molecule has 1 aromatic carbocycles. The number of rotatable bonds is 5. The van der Waals surface area contributed by atoms with Gasteiger partial charge in [0.1, 0.15) is 11.4 Å². The van der Waals surface area contributed by atoms with Gasteiger partial charge in [-0.05, 0) is 45.4 Å². The van der Waals surface area contributed by atoms with Crippen molar-refractivity contribution >= 4 is 23.0 Å². The molecule has 2 aliphatic heterocycles. The van der Waals surface area contributed by atoms with Crippen molar-refractivity contribution in [2.45, 2.75) is 46.1 Å². The summed E-state index contributed by atoms with van der Waals surface area (Å²) in [5.41, 5.74) is 4.23. The molecular formula is C24H29N3O3. The number of imidazole rings is 1. The van der Waals surface area contributed by atoms with Crippen LogP contribution in [0.1, 0.15) is 40.5 Å². The number of anilines is 1. The minimum absolute atomic E-state index is 0.195. The number of H-pyrrole nitrogens is 1. The van der Waals surface area contributed by atoms with Crippen molar-refractivity contribution in [2.75, 3.05) is 24.6 Å². The van der Waals surface area contributed by atoms with E-state index >= 15 is 0 Å². The first-order valence-electron chi connectivity index (χ1n) is 10.6. The van der Waals surface area contributed by atoms with Crippen LogP contribution >= 0.6 is 0 Å². The van der Waals surface area contributed by atoms with Crippen LogP contribution < -0.4 is 9.64 Å². The van der Waals surface area contributed by atoms with Gasteiger partial charge in [-0.2, -0.15) is 0 Å². The molecule has 2 aliphatic rings. The van der Waals surface area contributed by atoms with E-state index in [9.17, 15) is 4.79 Å². The molecule has 1 fully saturated rings. The van der Waals surface area contributed by atoms with Gasteiger partial charge in [0.2, 0.25) is 5.95 Å². The van der Waals surface area contributed by atoms with Crippen molar-refractivity contribution in [1.29, 1.82) is 0 Å². The Bertz CT molecular complexity index is 1050. The molecule has 4 rings (SSSR count). The lowest BCUT2D eigenvalue weighted by Crippen LogP contribution is -2.46. The van der Waals surface area contributed by atoms with Crippen LogP contribution in [0.4, 0.5) is 5.95 Å². The van der Waals surface area contributed by atoms with Crippen molar-refractivity contribution in [3.63, 3.8) is 0 Å². The third-order valence-electron chi connectivity index (χ3n) is 5.98. The molecule has 0 bridgehead atoms. The van der Waals surface area contributed by atoms with Gasteiger partial charge in [-0.1, -0.05) is 18.2 Å². The average molecular weight is 408 g/mol. The summed E-state index contributed by atoms with van der Waals surface area (Å²) in [5, 5.41) is 0. The van der Waals surface area contributed by atoms with E-state index in [1.807, 2.05) is 51.1 Å². The second-order valence-electron chi connectivity index (χ2n) is 7.92. The van der Waals surface area contributed by atoms with Gasteiger partial charge in [0.25, 0.3) is 0 Å². The number of esters is 1. The van der Waals surface area contributed by atoms with Gasteiger partial charge in [-0.3, -0.25) is 0 Å². The van der Waals surface area contributed by atoms with E-state index in [1.165, 1.54) is 0 Å². The monoisotopic (exact) mass is 407 g/mol. The Labute approximate surface area is 177 Å². The van der Waals surface area contributed by atoms with Gasteiger partial charge < -0.3 is 19.4 Å². The molecule has 1 spiro atoms. The molecule has 2 aromatic rings. The Balaban J connectivity index is 1.56. The van der Waals surface area contributed by atoms with E-state index in [2.05, 4.69) is 22.9 Å². The minimum Gasteiger partial charge on any atom is -0.494 e. The number of fused-ring (bicyclic) bond motifs is 1. The van der Waals surface area contributed by atoms with Crippen LogP contribution in [0.5, 0.6) is 5.75 Å². The van der Waals surface area contributed by atoms with Crippen molar-refractivity contribution in [2.24, 2.45) is 0 Å². The van der Waals surface area contributed by atoms with Crippen LogP contribution in [0.15, 0.2) is 53.1 Å². The number of aromatic amines is 1. The zero-order chi connectivity index (χ0) is 21.3. The number of hydrogen-bond donors (Lipinski definition) is 1. The summed E-state index contributed by atoms with van der Waals surface area (Å²) < 4.78 is 11.5. The fourth-order valence-corrected chi connectivity index (χ4v) is 4.54. The summed E-state index contributed by atoms with van der Waals surface area (Å²) in [7, 11) is 0. The Morgan fingerprint density at radius 2 is 2.13 bits per heavy atom. The summed E-state index contributed by atoms with van der Waals surface area (Å²) in [6.07, 6.45) is 7.54. The molecule has 1 aromatic heterocycles. The number of nitrogens with one attached hydrogen (secondary N) is 1. The molecule has 1 saturated heterocycles. The van der Waals surface area contributed by atoms with Crippen LogP contribution in [0.2, 0.25) is 0 Å². The molecule has 158 valence electrons. The third-order valence-corrected chi connectivity index (χ3v) is 5.98. The van der Waals surface area contributed by atoms with Crippen LogP contribution in [0.3, 0.4) is 0 Å². The Hall–Kier alpha value is -3.02. The van der Waals surface area contributed by atoms with E-state index in [0.29, 0.717) is 6.61 Å². The quantitative estimate of drug-likeness (QED) is 0.575. The molecule has 0 amide bonds. The second kappa shape index (κ2) is 8.01. The zero-order valence-electron chi connectivity index (χ0n) is 18.1. The van der Waals surface area contributed by atoms with E-state index in [1.54, 1.807) is 0 Å². The van der Waals surface area contributed by atoms with Crippen LogP contribution in [-0.4, -0.2) is 41.2 Å². The van der Waals surface area contributed by atoms with E-state index in [0.717, 1.165) is 65.4 Å². The van der Waals surface area contributed by atoms with E-state index < -0.39 is 5.60 Å². The molecule has 3 heterocycles. The van der Waals surface area contributed by atoms with Crippen molar-refractivity contribution in [1.82, 2.24) is 9.97 Å². The summed E-state index contributed by atoms with van der Waals surface area (Å²) in [6.45, 7) is 10.1. The maximum absolute atomic E-state index is 12.4. The first-order valence-corrected chi connectivity index (χ1v) is 10.6. The van der Waals surface area contributed by atoms with E-state index in [-0.39, 0.29) is 5.97 Å². The predicted molar refractivity (Wildman–Crippen MR) is 119 cm³/mol. The number of allylic oxidation sites excluding steroid dienone is 3. The third kappa shape index (κ3) is 3.51. The Morgan fingerprint density at radius 1 is 1.37 bits per heavy atom. The number of nitrogens with zero attached hydrogens (tertiary/aromatic N) is 2. The summed E-state index contributed by atoms with van der Waals surface area (Å²) >= 11 is 0. The lowest BCUT2D eigenvalue weighted by Gasteiger charge is -2.40. The van der Waals surface area contributed by atoms with Crippen LogP contribution in [0.25, 0.3) is 11.0 Å². The molecule has 6 nitrogen and oxygen atoms in total. The van der Waals surface area contributed by atoms with Gasteiger partial charge in [0, 0.05) is 43.1 Å². The summed E-state index contributed by atoms with van der Waals surface area (Å²) in [6, 6.07) is 5.91. The van der Waals surface area contributed by atoms with Gasteiger partial charge in [0.05, 0.1) is 17.6 Å². The normalized spacial score (nSPS) is 19.4. The first kappa shape index (κ1) is 20.3. The van der Waals surface area contributed by atoms with Gasteiger partial charge in [-0.15, -0.1) is 0 Å². The molecule has 0 radical (unpaired) electrons. The smallest absolute Gasteiger partial charge is 0.335 e. The minimum atomic E-state index is -0.534. The number of ether oxygens (including phenoxy) is 2. The fraction of sp³-hybridized carbons (Fsp3) is 0.417. The molecule has 6 heteroatoms. The molecule has 0 saturated carbocycles. The van der Waals surface area contributed by atoms with Crippen LogP contribution in [0, 0.1) is 0 Å². The Kier molecular flexibility index (Phi) is 5.41. The second-order valence-corrected chi connectivity index (χ2v) is 7.92. The fourth-order valence-electron chi connectivity index (χ4n) is 4.54. The van der Waals surface area contributed by atoms with E-state index in [4.69, 9.17) is 14.5 Å². The summed E-state index contributed by atoms with van der Waals surface area (Å²) in [5.74, 6) is 1.49. The molecule has 1 N–H and O–H groups in total. The highest BCUT2D eigenvalue weighted by atomic mass is 16.6. The van der Waals surface area contributed by atoms with Gasteiger partial charge >= 0.3 is 5.97 Å². The number of aromatic nitrogens is 2. The molecular weight excluding hydrogens is 378 g/mol. The number of carbonyl (C=O) groups excluding carboxylic acids is 1. The topological polar surface area (TPSA) is 67.4 Å². The first-order chi connectivity index (χ1) is 14.5. The maximum atomic E-state index is 12.4. The highest BCUT2D eigenvalue weighted by Crippen LogP contribution is 2.44. The van der Waals surface area contributed by atoms with Gasteiger partial charge in [-0.25, -0.2) is 9.78 Å². The van der Waals surface area contributed by atoms with Crippen molar-refractivity contribution < 1.29 is 14.3 Å². The number of benzene rings is 1. The SMILES string of the molecule is C/C=C\C=C(\C)C1=C(C)C(=O)OC12CCN(c1nc3ccc(OCC)cc3[nH]1)CC2. The maximum Gasteiger partial charge on any atom is 0.335 e. The molecule has 0 unspecified atom stereocenters. The summed E-state index contributed by atoms with van der Waals surface area (Å²) in [4.78, 5) is 22.8. The zero-order valence-corrected chi connectivity index (χ0v) is 18.1.